The van der Waals surface area contributed by atoms with Gasteiger partial charge in [-0.05, 0) is 37.2 Å². The number of cyclic esters (lactones) is 1. The number of rotatable bonds is 7. The quantitative estimate of drug-likeness (QED) is 0.481. The fourth-order valence-corrected chi connectivity index (χ4v) is 5.97. The summed E-state index contributed by atoms with van der Waals surface area (Å²) in [7, 11) is 0. The topological polar surface area (TPSA) is 107 Å². The van der Waals surface area contributed by atoms with Crippen LogP contribution in [0.3, 0.4) is 0 Å². The van der Waals surface area contributed by atoms with Gasteiger partial charge in [-0.3, -0.25) is 0 Å². The van der Waals surface area contributed by atoms with Crippen LogP contribution in [0.4, 0.5) is 9.59 Å². The molecule has 3 saturated heterocycles. The molecule has 0 aromatic heterocycles. The first-order chi connectivity index (χ1) is 19.5. The molecule has 2 N–H and O–H groups in total. The van der Waals surface area contributed by atoms with Crippen LogP contribution in [-0.2, 0) is 25.4 Å². The Labute approximate surface area is 238 Å². The van der Waals surface area contributed by atoms with E-state index in [2.05, 4.69) is 12.2 Å². The molecular formula is C31H48N2O7. The van der Waals surface area contributed by atoms with Crippen molar-refractivity contribution in [1.82, 2.24) is 10.2 Å². The number of alkyl carbamates (subject to hydrolysis) is 1. The molecule has 3 aliphatic heterocycles. The zero-order valence-electron chi connectivity index (χ0n) is 24.0. The first kappa shape index (κ1) is 30.6. The van der Waals surface area contributed by atoms with Crippen LogP contribution in [0.15, 0.2) is 30.3 Å². The third kappa shape index (κ3) is 9.63. The van der Waals surface area contributed by atoms with Crippen LogP contribution in [0.1, 0.15) is 76.7 Å². The van der Waals surface area contributed by atoms with Gasteiger partial charge < -0.3 is 34.3 Å². The molecule has 0 radical (unpaired) electrons. The maximum Gasteiger partial charge on any atom is 0.409 e. The third-order valence-electron chi connectivity index (χ3n) is 8.32. The van der Waals surface area contributed by atoms with Crippen LogP contribution in [0.25, 0.3) is 0 Å². The van der Waals surface area contributed by atoms with Crippen molar-refractivity contribution >= 4 is 12.2 Å². The molecule has 2 amide bonds. The van der Waals surface area contributed by atoms with Crippen molar-refractivity contribution in [3.63, 3.8) is 0 Å². The van der Waals surface area contributed by atoms with Crippen LogP contribution >= 0.6 is 0 Å². The summed E-state index contributed by atoms with van der Waals surface area (Å²) in [4.78, 5) is 27.7. The number of ether oxygens (including phenoxy) is 4. The van der Waals surface area contributed by atoms with Gasteiger partial charge in [-0.15, -0.1) is 0 Å². The van der Waals surface area contributed by atoms with Crippen LogP contribution in [0.2, 0.25) is 0 Å². The van der Waals surface area contributed by atoms with E-state index in [0.29, 0.717) is 32.8 Å². The number of carbonyl (C=O) groups excluding carboxylic acids is 2. The number of carbonyl (C=O) groups is 2. The lowest BCUT2D eigenvalue weighted by atomic mass is 9.99. The standard InChI is InChI=1S/C31H48N2O7/c1-23-13-9-6-4-2-3-5-7-12-17-38-31(36)33(20-23)21-27(34)26(19-24-14-10-8-11-15-24)32-30(35)40-28-22-39-29-25(28)16-18-37-29/h8,10-11,14-15,23,25-29,34H,2-7,9,12-13,16-22H2,1H3,(H,32,35)/t23?,25-,26-,27+,28-,29+/m0/s1. The summed E-state index contributed by atoms with van der Waals surface area (Å²) in [5, 5.41) is 14.3. The van der Waals surface area contributed by atoms with Gasteiger partial charge in [-0.1, -0.05) is 82.2 Å². The molecule has 1 aromatic carbocycles. The van der Waals surface area contributed by atoms with E-state index in [4.69, 9.17) is 18.9 Å². The Morgan fingerprint density at radius 2 is 1.75 bits per heavy atom. The highest BCUT2D eigenvalue weighted by Crippen LogP contribution is 2.33. The van der Waals surface area contributed by atoms with Gasteiger partial charge in [-0.2, -0.15) is 0 Å². The predicted octanol–water partition coefficient (Wildman–Crippen LogP) is 5.05. The number of aliphatic hydroxyl groups excluding tert-OH is 1. The van der Waals surface area contributed by atoms with Gasteiger partial charge in [-0.25, -0.2) is 9.59 Å². The molecule has 9 heteroatoms. The number of nitrogens with one attached hydrogen (secondary N) is 1. The lowest BCUT2D eigenvalue weighted by Gasteiger charge is -2.31. The molecule has 1 unspecified atom stereocenters. The molecule has 0 aliphatic carbocycles. The SMILES string of the molecule is CC1CCCCCCCCCCOC(=O)N(C[C@@H](O)[C@H](Cc2ccccc2)NC(=O)O[C@H]2CO[C@H]3OCC[C@H]32)C1. The van der Waals surface area contributed by atoms with E-state index in [1.165, 1.54) is 32.1 Å². The Balaban J connectivity index is 1.40. The summed E-state index contributed by atoms with van der Waals surface area (Å²) < 4.78 is 22.5. The molecule has 9 nitrogen and oxygen atoms in total. The van der Waals surface area contributed by atoms with Crippen molar-refractivity contribution in [3.05, 3.63) is 35.9 Å². The second-order valence-corrected chi connectivity index (χ2v) is 11.7. The zero-order chi connectivity index (χ0) is 28.2. The van der Waals surface area contributed by atoms with E-state index < -0.39 is 24.3 Å². The molecular weight excluding hydrogens is 512 g/mol. The number of nitrogens with zero attached hydrogens (tertiary/aromatic N) is 1. The lowest BCUT2D eigenvalue weighted by molar-refractivity contribution is -0.0907. The molecule has 1 aromatic rings. The molecule has 6 atom stereocenters. The number of aliphatic hydroxyl groups is 1. The first-order valence-electron chi connectivity index (χ1n) is 15.3. The maximum atomic E-state index is 13.1. The summed E-state index contributed by atoms with van der Waals surface area (Å²) in [5.74, 6) is 0.305. The molecule has 4 rings (SSSR count). The molecule has 3 aliphatic rings. The van der Waals surface area contributed by atoms with E-state index >= 15 is 0 Å². The van der Waals surface area contributed by atoms with Gasteiger partial charge in [0, 0.05) is 6.54 Å². The molecule has 0 saturated carbocycles. The maximum absolute atomic E-state index is 13.1. The Hall–Kier alpha value is -2.36. The highest BCUT2D eigenvalue weighted by Gasteiger charge is 2.44. The molecule has 0 bridgehead atoms. The van der Waals surface area contributed by atoms with Crippen molar-refractivity contribution in [2.24, 2.45) is 11.8 Å². The number of amides is 2. The largest absolute Gasteiger partial charge is 0.449 e. The van der Waals surface area contributed by atoms with Crippen LogP contribution < -0.4 is 5.32 Å². The van der Waals surface area contributed by atoms with Crippen molar-refractivity contribution < 1.29 is 33.6 Å². The third-order valence-corrected chi connectivity index (χ3v) is 8.32. The molecule has 224 valence electrons. The Bertz CT molecular complexity index is 901. The highest BCUT2D eigenvalue weighted by molar-refractivity contribution is 5.69. The Morgan fingerprint density at radius 1 is 1.02 bits per heavy atom. The fraction of sp³-hybridized carbons (Fsp3) is 0.742. The number of benzene rings is 1. The van der Waals surface area contributed by atoms with Crippen molar-refractivity contribution in [2.75, 3.05) is 32.9 Å². The molecule has 3 heterocycles. The van der Waals surface area contributed by atoms with Gasteiger partial charge in [0.05, 0.1) is 44.4 Å². The van der Waals surface area contributed by atoms with Crippen molar-refractivity contribution in [1.29, 1.82) is 0 Å². The minimum absolute atomic E-state index is 0.0274. The van der Waals surface area contributed by atoms with Crippen molar-refractivity contribution in [2.45, 2.75) is 102 Å². The van der Waals surface area contributed by atoms with Gasteiger partial charge in [0.1, 0.15) is 6.10 Å². The summed E-state index contributed by atoms with van der Waals surface area (Å²) in [5.41, 5.74) is 0.966. The second-order valence-electron chi connectivity index (χ2n) is 11.7. The van der Waals surface area contributed by atoms with Crippen LogP contribution in [0, 0.1) is 11.8 Å². The second kappa shape index (κ2) is 16.2. The van der Waals surface area contributed by atoms with E-state index in [0.717, 1.165) is 37.7 Å². The van der Waals surface area contributed by atoms with E-state index in [1.54, 1.807) is 4.90 Å². The smallest absolute Gasteiger partial charge is 0.409 e. The van der Waals surface area contributed by atoms with Gasteiger partial charge in [0.2, 0.25) is 0 Å². The average molecular weight is 561 g/mol. The van der Waals surface area contributed by atoms with E-state index in [1.807, 2.05) is 30.3 Å². The van der Waals surface area contributed by atoms with E-state index in [9.17, 15) is 14.7 Å². The molecule has 40 heavy (non-hydrogen) atoms. The minimum atomic E-state index is -1.02. The Morgan fingerprint density at radius 3 is 2.52 bits per heavy atom. The summed E-state index contributed by atoms with van der Waals surface area (Å²) in [6, 6.07) is 9.03. The van der Waals surface area contributed by atoms with E-state index in [-0.39, 0.29) is 30.8 Å². The molecule has 0 spiro atoms. The molecule has 3 fully saturated rings. The number of fused-ring (bicyclic) bond motifs is 1. The monoisotopic (exact) mass is 560 g/mol. The normalized spacial score (nSPS) is 28.4. The van der Waals surface area contributed by atoms with Gasteiger partial charge >= 0.3 is 12.2 Å². The number of hydrogen-bond acceptors (Lipinski definition) is 7. The summed E-state index contributed by atoms with van der Waals surface area (Å²) in [6.45, 7) is 3.98. The zero-order valence-corrected chi connectivity index (χ0v) is 24.0. The van der Waals surface area contributed by atoms with Crippen LogP contribution in [-0.4, -0.2) is 79.6 Å². The van der Waals surface area contributed by atoms with Crippen LogP contribution in [0.5, 0.6) is 0 Å². The lowest BCUT2D eigenvalue weighted by Crippen LogP contribution is -2.52. The van der Waals surface area contributed by atoms with Gasteiger partial charge in [0.25, 0.3) is 0 Å². The summed E-state index contributed by atoms with van der Waals surface area (Å²) >= 11 is 0. The first-order valence-corrected chi connectivity index (χ1v) is 15.3. The van der Waals surface area contributed by atoms with Crippen molar-refractivity contribution in [3.8, 4) is 0 Å². The predicted molar refractivity (Wildman–Crippen MR) is 151 cm³/mol. The minimum Gasteiger partial charge on any atom is -0.449 e. The Kier molecular flexibility index (Phi) is 12.4. The summed E-state index contributed by atoms with van der Waals surface area (Å²) in [6.07, 6.45) is 8.66. The number of hydrogen-bond donors (Lipinski definition) is 2. The van der Waals surface area contributed by atoms with Gasteiger partial charge in [0.15, 0.2) is 6.29 Å². The fourth-order valence-electron chi connectivity index (χ4n) is 5.97. The average Bonchev–Trinajstić information content (AvgIpc) is 3.56. The highest BCUT2D eigenvalue weighted by atomic mass is 16.7. The number of β-amino-alcohol motifs (C(OH)–C–C–N with tert-alkyl or cyclic N) is 1.